The van der Waals surface area contributed by atoms with Crippen molar-refractivity contribution in [2.45, 2.75) is 0 Å². The van der Waals surface area contributed by atoms with E-state index in [0.29, 0.717) is 5.15 Å². The van der Waals surface area contributed by atoms with Crippen LogP contribution in [0.5, 0.6) is 0 Å². The average Bonchev–Trinajstić information content (AvgIpc) is 3.01. The van der Waals surface area contributed by atoms with Crippen molar-refractivity contribution in [1.82, 2.24) is 9.88 Å². The van der Waals surface area contributed by atoms with E-state index in [0.717, 1.165) is 32.0 Å². The third-order valence-corrected chi connectivity index (χ3v) is 3.86. The van der Waals surface area contributed by atoms with Crippen LogP contribution in [0.4, 0.5) is 5.82 Å². The Kier molecular flexibility index (Phi) is 3.74. The molecule has 2 heterocycles. The summed E-state index contributed by atoms with van der Waals surface area (Å²) < 4.78 is 0. The van der Waals surface area contributed by atoms with Crippen LogP contribution in [0.2, 0.25) is 5.15 Å². The summed E-state index contributed by atoms with van der Waals surface area (Å²) in [6, 6.07) is 5.62. The van der Waals surface area contributed by atoms with Crippen molar-refractivity contribution >= 4 is 23.3 Å². The quantitative estimate of drug-likeness (QED) is 0.783. The molecule has 1 amide bonds. The fourth-order valence-corrected chi connectivity index (χ4v) is 2.70. The van der Waals surface area contributed by atoms with E-state index in [1.807, 2.05) is 41.3 Å². The van der Waals surface area contributed by atoms with Gasteiger partial charge in [-0.2, -0.15) is 0 Å². The van der Waals surface area contributed by atoms with E-state index in [1.54, 1.807) is 6.07 Å². The molecule has 1 aromatic heterocycles. The third-order valence-electron chi connectivity index (χ3n) is 3.65. The summed E-state index contributed by atoms with van der Waals surface area (Å²) >= 11 is 5.91. The molecule has 104 valence electrons. The topological polar surface area (TPSA) is 36.4 Å². The highest BCUT2D eigenvalue weighted by Crippen LogP contribution is 2.18. The van der Waals surface area contributed by atoms with Crippen molar-refractivity contribution in [2.24, 2.45) is 5.92 Å². The fraction of sp³-hybridized carbons (Fsp3) is 0.333. The van der Waals surface area contributed by atoms with Crippen LogP contribution in [0.3, 0.4) is 0 Å². The number of carbonyl (C=O) groups excluding carboxylic acids is 1. The van der Waals surface area contributed by atoms with Gasteiger partial charge in [-0.15, -0.1) is 0 Å². The Morgan fingerprint density at radius 3 is 2.50 bits per heavy atom. The molecule has 0 atom stereocenters. The minimum atomic E-state index is -0.0779. The maximum atomic E-state index is 12.3. The molecule has 1 aliphatic heterocycles. The molecule has 0 saturated carbocycles. The van der Waals surface area contributed by atoms with Crippen LogP contribution in [-0.4, -0.2) is 42.0 Å². The second-order valence-electron chi connectivity index (χ2n) is 4.93. The number of piperazine rings is 1. The number of anilines is 1. The van der Waals surface area contributed by atoms with Crippen LogP contribution in [0.1, 0.15) is 0 Å². The number of hydrogen-bond donors (Lipinski definition) is 0. The van der Waals surface area contributed by atoms with Gasteiger partial charge in [0.25, 0.3) is 0 Å². The van der Waals surface area contributed by atoms with Crippen molar-refractivity contribution in [3.8, 4) is 0 Å². The van der Waals surface area contributed by atoms with Gasteiger partial charge in [0.05, 0.1) is 5.92 Å². The van der Waals surface area contributed by atoms with E-state index in [9.17, 15) is 4.79 Å². The Balaban J connectivity index is 1.61. The van der Waals surface area contributed by atoms with Gasteiger partial charge in [0.15, 0.2) is 0 Å². The Hall–Kier alpha value is -1.81. The summed E-state index contributed by atoms with van der Waals surface area (Å²) in [6.07, 6.45) is 7.73. The number of rotatable bonds is 2. The summed E-state index contributed by atoms with van der Waals surface area (Å²) in [5.41, 5.74) is 0. The van der Waals surface area contributed by atoms with Gasteiger partial charge in [-0.05, 0) is 12.1 Å². The molecule has 1 aliphatic carbocycles. The van der Waals surface area contributed by atoms with E-state index in [2.05, 4.69) is 9.88 Å². The van der Waals surface area contributed by atoms with Crippen LogP contribution in [0.25, 0.3) is 0 Å². The molecule has 3 rings (SSSR count). The van der Waals surface area contributed by atoms with Crippen LogP contribution in [0.15, 0.2) is 42.5 Å². The summed E-state index contributed by atoms with van der Waals surface area (Å²) in [7, 11) is 0. The lowest BCUT2D eigenvalue weighted by Crippen LogP contribution is -2.50. The highest BCUT2D eigenvalue weighted by atomic mass is 35.5. The Bertz CT molecular complexity index is 550. The Labute approximate surface area is 123 Å². The molecule has 1 saturated heterocycles. The molecule has 0 spiro atoms. The number of amides is 1. The zero-order valence-electron chi connectivity index (χ0n) is 11.1. The molecule has 0 radical (unpaired) electrons. The van der Waals surface area contributed by atoms with Gasteiger partial charge in [0.1, 0.15) is 11.0 Å². The molecule has 2 aliphatic rings. The van der Waals surface area contributed by atoms with Gasteiger partial charge >= 0.3 is 0 Å². The Morgan fingerprint density at radius 2 is 1.85 bits per heavy atom. The van der Waals surface area contributed by atoms with E-state index in [4.69, 9.17) is 11.6 Å². The van der Waals surface area contributed by atoms with Gasteiger partial charge < -0.3 is 9.80 Å². The van der Waals surface area contributed by atoms with Crippen molar-refractivity contribution in [1.29, 1.82) is 0 Å². The monoisotopic (exact) mass is 289 g/mol. The zero-order chi connectivity index (χ0) is 13.9. The highest BCUT2D eigenvalue weighted by Gasteiger charge is 2.25. The predicted molar refractivity (Wildman–Crippen MR) is 79.8 cm³/mol. The minimum absolute atomic E-state index is 0.0779. The second-order valence-corrected chi connectivity index (χ2v) is 5.31. The summed E-state index contributed by atoms with van der Waals surface area (Å²) in [4.78, 5) is 20.7. The second kappa shape index (κ2) is 5.67. The largest absolute Gasteiger partial charge is 0.353 e. The van der Waals surface area contributed by atoms with Gasteiger partial charge in [-0.25, -0.2) is 4.98 Å². The maximum Gasteiger partial charge on any atom is 0.233 e. The van der Waals surface area contributed by atoms with Crippen LogP contribution in [-0.2, 0) is 4.79 Å². The highest BCUT2D eigenvalue weighted by molar-refractivity contribution is 6.29. The molecular formula is C15H16ClN3O. The first-order valence-corrected chi connectivity index (χ1v) is 7.13. The molecule has 0 aromatic carbocycles. The van der Waals surface area contributed by atoms with Gasteiger partial charge in [0.2, 0.25) is 5.91 Å². The van der Waals surface area contributed by atoms with E-state index < -0.39 is 0 Å². The number of aromatic nitrogens is 1. The smallest absolute Gasteiger partial charge is 0.233 e. The first-order valence-electron chi connectivity index (χ1n) is 6.75. The summed E-state index contributed by atoms with van der Waals surface area (Å²) in [5, 5.41) is 0.502. The maximum absolute atomic E-state index is 12.3. The first kappa shape index (κ1) is 13.2. The lowest BCUT2D eigenvalue weighted by Gasteiger charge is -2.36. The molecule has 0 N–H and O–H groups in total. The molecule has 5 heteroatoms. The van der Waals surface area contributed by atoms with Crippen molar-refractivity contribution in [2.75, 3.05) is 31.1 Å². The van der Waals surface area contributed by atoms with Gasteiger partial charge in [0, 0.05) is 26.2 Å². The number of nitrogens with zero attached hydrogens (tertiary/aromatic N) is 3. The van der Waals surface area contributed by atoms with Crippen molar-refractivity contribution < 1.29 is 4.79 Å². The summed E-state index contributed by atoms with van der Waals surface area (Å²) in [5.74, 6) is 0.991. The molecule has 20 heavy (non-hydrogen) atoms. The number of allylic oxidation sites excluding steroid dienone is 2. The van der Waals surface area contributed by atoms with E-state index >= 15 is 0 Å². The lowest BCUT2D eigenvalue weighted by molar-refractivity contribution is -0.132. The van der Waals surface area contributed by atoms with Crippen LogP contribution >= 0.6 is 11.6 Å². The van der Waals surface area contributed by atoms with Crippen LogP contribution < -0.4 is 4.90 Å². The van der Waals surface area contributed by atoms with Gasteiger partial charge in [-0.1, -0.05) is 42.0 Å². The normalized spacial score (nSPS) is 18.9. The molecule has 0 unspecified atom stereocenters. The van der Waals surface area contributed by atoms with Gasteiger partial charge in [-0.3, -0.25) is 4.79 Å². The molecular weight excluding hydrogens is 274 g/mol. The predicted octanol–water partition coefficient (Wildman–Crippen LogP) is 2.13. The fourth-order valence-electron chi connectivity index (χ4n) is 2.54. The third kappa shape index (κ3) is 2.70. The Morgan fingerprint density at radius 1 is 1.15 bits per heavy atom. The standard InChI is InChI=1S/C15H16ClN3O/c16-13-6-3-7-14(17-13)18-8-10-19(11-9-18)15(20)12-4-1-2-5-12/h1-7,12H,8-11H2. The molecule has 0 bridgehead atoms. The molecule has 1 aromatic rings. The summed E-state index contributed by atoms with van der Waals surface area (Å²) in [6.45, 7) is 3.04. The average molecular weight is 290 g/mol. The molecule has 4 nitrogen and oxygen atoms in total. The van der Waals surface area contributed by atoms with Crippen LogP contribution in [0, 0.1) is 5.92 Å². The number of carbonyl (C=O) groups is 1. The van der Waals surface area contributed by atoms with E-state index in [1.165, 1.54) is 0 Å². The van der Waals surface area contributed by atoms with E-state index in [-0.39, 0.29) is 11.8 Å². The SMILES string of the molecule is O=C(C1C=CC=C1)N1CCN(c2cccc(Cl)n2)CC1. The molecule has 1 fully saturated rings. The number of pyridine rings is 1. The van der Waals surface area contributed by atoms with Crippen molar-refractivity contribution in [3.63, 3.8) is 0 Å². The van der Waals surface area contributed by atoms with Crippen molar-refractivity contribution in [3.05, 3.63) is 47.7 Å². The number of hydrogen-bond acceptors (Lipinski definition) is 3. The number of halogens is 1. The lowest BCUT2D eigenvalue weighted by atomic mass is 10.1. The first-order chi connectivity index (χ1) is 9.74. The minimum Gasteiger partial charge on any atom is -0.353 e. The zero-order valence-corrected chi connectivity index (χ0v) is 11.8.